The molecule has 0 saturated carbocycles. The Balaban J connectivity index is 1.43. The summed E-state index contributed by atoms with van der Waals surface area (Å²) in [6, 6.07) is 3.89. The van der Waals surface area contributed by atoms with Gasteiger partial charge in [0, 0.05) is 57.4 Å². The number of piperazine rings is 1. The largest absolute Gasteiger partial charge is 0.337 e. The van der Waals surface area contributed by atoms with Gasteiger partial charge in [-0.1, -0.05) is 6.92 Å². The molecular formula is C20H27N7O. The fraction of sp³-hybridized carbons (Fsp3) is 0.550. The number of anilines is 2. The van der Waals surface area contributed by atoms with Crippen LogP contribution in [0.5, 0.6) is 0 Å². The van der Waals surface area contributed by atoms with E-state index in [1.807, 2.05) is 11.0 Å². The van der Waals surface area contributed by atoms with E-state index in [0.29, 0.717) is 17.7 Å². The molecule has 0 spiro atoms. The van der Waals surface area contributed by atoms with Crippen LogP contribution >= 0.6 is 0 Å². The molecule has 1 amide bonds. The van der Waals surface area contributed by atoms with Crippen LogP contribution in [0, 0.1) is 0 Å². The highest BCUT2D eigenvalue weighted by Gasteiger charge is 2.28. The zero-order chi connectivity index (χ0) is 19.3. The van der Waals surface area contributed by atoms with E-state index in [2.05, 4.69) is 36.7 Å². The molecule has 2 aromatic rings. The molecule has 4 heterocycles. The molecule has 1 atom stereocenters. The van der Waals surface area contributed by atoms with Crippen molar-refractivity contribution in [3.05, 3.63) is 36.4 Å². The van der Waals surface area contributed by atoms with Gasteiger partial charge in [0.25, 0.3) is 5.91 Å². The molecule has 2 fully saturated rings. The molecule has 148 valence electrons. The van der Waals surface area contributed by atoms with E-state index in [9.17, 15) is 4.79 Å². The first-order valence-electron chi connectivity index (χ1n) is 10.2. The Morgan fingerprint density at radius 2 is 1.64 bits per heavy atom. The Labute approximate surface area is 165 Å². The van der Waals surface area contributed by atoms with Gasteiger partial charge in [0.15, 0.2) is 0 Å². The fourth-order valence-electron chi connectivity index (χ4n) is 4.02. The summed E-state index contributed by atoms with van der Waals surface area (Å²) in [5.41, 5.74) is 0.499. The molecule has 2 aliphatic rings. The molecule has 8 nitrogen and oxygen atoms in total. The average Bonchev–Trinajstić information content (AvgIpc) is 2.79. The Morgan fingerprint density at radius 3 is 2.36 bits per heavy atom. The number of carbonyl (C=O) groups is 1. The Hall–Kier alpha value is -2.77. The SMILES string of the molecule is CCC1CCCCN1C(=O)c1ccnc(N2CCN(c3ncccn3)CC2)n1. The van der Waals surface area contributed by atoms with Crippen LogP contribution in [-0.2, 0) is 0 Å². The van der Waals surface area contributed by atoms with Crippen LogP contribution in [0.1, 0.15) is 43.1 Å². The van der Waals surface area contributed by atoms with E-state index >= 15 is 0 Å². The van der Waals surface area contributed by atoms with Crippen molar-refractivity contribution in [2.75, 3.05) is 42.5 Å². The molecule has 2 aromatic heterocycles. The molecule has 28 heavy (non-hydrogen) atoms. The van der Waals surface area contributed by atoms with Crippen molar-refractivity contribution in [2.24, 2.45) is 0 Å². The number of carbonyl (C=O) groups excluding carboxylic acids is 1. The second-order valence-corrected chi connectivity index (χ2v) is 7.32. The second-order valence-electron chi connectivity index (χ2n) is 7.32. The van der Waals surface area contributed by atoms with Gasteiger partial charge in [-0.15, -0.1) is 0 Å². The monoisotopic (exact) mass is 381 g/mol. The lowest BCUT2D eigenvalue weighted by Crippen LogP contribution is -2.48. The van der Waals surface area contributed by atoms with Gasteiger partial charge in [-0.3, -0.25) is 4.79 Å². The van der Waals surface area contributed by atoms with Gasteiger partial charge in [0.1, 0.15) is 5.69 Å². The van der Waals surface area contributed by atoms with Crippen LogP contribution in [0.3, 0.4) is 0 Å². The number of likely N-dealkylation sites (tertiary alicyclic amines) is 1. The van der Waals surface area contributed by atoms with Crippen molar-refractivity contribution < 1.29 is 4.79 Å². The van der Waals surface area contributed by atoms with Crippen LogP contribution in [0.25, 0.3) is 0 Å². The minimum absolute atomic E-state index is 0.0338. The highest BCUT2D eigenvalue weighted by atomic mass is 16.2. The van der Waals surface area contributed by atoms with Crippen LogP contribution in [0.15, 0.2) is 30.7 Å². The highest BCUT2D eigenvalue weighted by Crippen LogP contribution is 2.22. The molecule has 0 aliphatic carbocycles. The summed E-state index contributed by atoms with van der Waals surface area (Å²) in [6.45, 7) is 6.13. The zero-order valence-corrected chi connectivity index (χ0v) is 16.4. The highest BCUT2D eigenvalue weighted by molar-refractivity contribution is 5.92. The average molecular weight is 381 g/mol. The number of aromatic nitrogens is 4. The lowest BCUT2D eigenvalue weighted by molar-refractivity contribution is 0.0602. The van der Waals surface area contributed by atoms with Crippen molar-refractivity contribution in [1.29, 1.82) is 0 Å². The zero-order valence-electron chi connectivity index (χ0n) is 16.4. The summed E-state index contributed by atoms with van der Waals surface area (Å²) in [6.07, 6.45) is 9.58. The first kappa shape index (κ1) is 18.6. The molecule has 0 radical (unpaired) electrons. The van der Waals surface area contributed by atoms with Crippen molar-refractivity contribution in [3.63, 3.8) is 0 Å². The molecule has 4 rings (SSSR count). The van der Waals surface area contributed by atoms with Gasteiger partial charge in [0.2, 0.25) is 11.9 Å². The van der Waals surface area contributed by atoms with Crippen molar-refractivity contribution in [2.45, 2.75) is 38.6 Å². The molecule has 2 saturated heterocycles. The second kappa shape index (κ2) is 8.50. The lowest BCUT2D eigenvalue weighted by Gasteiger charge is -2.36. The predicted octanol–water partition coefficient (Wildman–Crippen LogP) is 2.00. The Bertz CT molecular complexity index is 792. The van der Waals surface area contributed by atoms with E-state index in [1.54, 1.807) is 24.7 Å². The van der Waals surface area contributed by atoms with E-state index in [-0.39, 0.29) is 5.91 Å². The molecular weight excluding hydrogens is 354 g/mol. The molecule has 0 N–H and O–H groups in total. The number of piperidine rings is 1. The van der Waals surface area contributed by atoms with Crippen LogP contribution in [0.4, 0.5) is 11.9 Å². The Kier molecular flexibility index (Phi) is 5.64. The predicted molar refractivity (Wildman–Crippen MR) is 107 cm³/mol. The summed E-state index contributed by atoms with van der Waals surface area (Å²) >= 11 is 0. The number of rotatable bonds is 4. The number of amides is 1. The Morgan fingerprint density at radius 1 is 0.964 bits per heavy atom. The van der Waals surface area contributed by atoms with Gasteiger partial charge in [-0.25, -0.2) is 19.9 Å². The van der Waals surface area contributed by atoms with Crippen LogP contribution < -0.4 is 9.80 Å². The number of nitrogens with zero attached hydrogens (tertiary/aromatic N) is 7. The van der Waals surface area contributed by atoms with Crippen LogP contribution in [-0.4, -0.2) is 69.5 Å². The molecule has 8 heteroatoms. The fourth-order valence-corrected chi connectivity index (χ4v) is 4.02. The summed E-state index contributed by atoms with van der Waals surface area (Å²) < 4.78 is 0. The summed E-state index contributed by atoms with van der Waals surface area (Å²) in [5.74, 6) is 1.42. The molecule has 0 bridgehead atoms. The molecule has 1 unspecified atom stereocenters. The van der Waals surface area contributed by atoms with Gasteiger partial charge in [0.05, 0.1) is 0 Å². The third kappa shape index (κ3) is 3.90. The van der Waals surface area contributed by atoms with Gasteiger partial charge in [-0.2, -0.15) is 0 Å². The van der Waals surface area contributed by atoms with E-state index in [1.165, 1.54) is 6.42 Å². The topological polar surface area (TPSA) is 78.4 Å². The summed E-state index contributed by atoms with van der Waals surface area (Å²) in [4.78, 5) is 37.0. The normalized spacial score (nSPS) is 20.3. The number of hydrogen-bond donors (Lipinski definition) is 0. The standard InChI is InChI=1S/C20H27N7O/c1-2-16-6-3-4-11-27(16)18(28)17-7-10-23-20(24-17)26-14-12-25(13-15-26)19-21-8-5-9-22-19/h5,7-10,16H,2-4,6,11-15H2,1H3. The molecule has 0 aromatic carbocycles. The van der Waals surface area contributed by atoms with E-state index in [0.717, 1.165) is 57.9 Å². The van der Waals surface area contributed by atoms with Crippen molar-refractivity contribution >= 4 is 17.8 Å². The third-order valence-corrected chi connectivity index (χ3v) is 5.62. The van der Waals surface area contributed by atoms with Crippen LogP contribution in [0.2, 0.25) is 0 Å². The first-order valence-corrected chi connectivity index (χ1v) is 10.2. The first-order chi connectivity index (χ1) is 13.8. The van der Waals surface area contributed by atoms with E-state index < -0.39 is 0 Å². The maximum Gasteiger partial charge on any atom is 0.272 e. The molecule has 2 aliphatic heterocycles. The lowest BCUT2D eigenvalue weighted by atomic mass is 9.99. The van der Waals surface area contributed by atoms with Crippen molar-refractivity contribution in [3.8, 4) is 0 Å². The van der Waals surface area contributed by atoms with Crippen molar-refractivity contribution in [1.82, 2.24) is 24.8 Å². The minimum Gasteiger partial charge on any atom is -0.337 e. The quantitative estimate of drug-likeness (QED) is 0.801. The minimum atomic E-state index is 0.0338. The maximum absolute atomic E-state index is 13.0. The summed E-state index contributed by atoms with van der Waals surface area (Å²) in [5, 5.41) is 0. The van der Waals surface area contributed by atoms with Gasteiger partial charge in [-0.05, 0) is 37.8 Å². The van der Waals surface area contributed by atoms with E-state index in [4.69, 9.17) is 0 Å². The smallest absolute Gasteiger partial charge is 0.272 e. The third-order valence-electron chi connectivity index (χ3n) is 5.62. The summed E-state index contributed by atoms with van der Waals surface area (Å²) in [7, 11) is 0. The number of hydrogen-bond acceptors (Lipinski definition) is 7. The van der Waals surface area contributed by atoms with Gasteiger partial charge >= 0.3 is 0 Å². The van der Waals surface area contributed by atoms with Gasteiger partial charge < -0.3 is 14.7 Å². The maximum atomic E-state index is 13.0.